The fourth-order valence-electron chi connectivity index (χ4n) is 1.76. The molecule has 2 unspecified atom stereocenters. The average molecular weight is 299 g/mol. The molecule has 0 N–H and O–H groups in total. The Morgan fingerprint density at radius 3 is 1.94 bits per heavy atom. The van der Waals surface area contributed by atoms with Gasteiger partial charge in [-0.15, -0.1) is 0 Å². The van der Waals surface area contributed by atoms with Gasteiger partial charge in [0, 0.05) is 19.8 Å². The van der Waals surface area contributed by atoms with E-state index in [1.807, 2.05) is 19.6 Å². The third-order valence-electron chi connectivity index (χ3n) is 2.36. The quantitative estimate of drug-likeness (QED) is 0.703. The number of hydrogen-bond donors (Lipinski definition) is 0. The van der Waals surface area contributed by atoms with E-state index >= 15 is 0 Å². The van der Waals surface area contributed by atoms with Crippen LogP contribution in [0, 0.1) is 0 Å². The molecule has 0 radical (unpaired) electrons. The smallest absolute Gasteiger partial charge is 0.319 e. The Kier molecular flexibility index (Phi) is 6.04. The lowest BCUT2D eigenvalue weighted by atomic mass is 10.9. The molecule has 1 fully saturated rings. The van der Waals surface area contributed by atoms with Crippen molar-refractivity contribution < 1.29 is 21.2 Å². The van der Waals surface area contributed by atoms with Crippen molar-refractivity contribution in [2.24, 2.45) is 0 Å². The van der Waals surface area contributed by atoms with Crippen molar-refractivity contribution in [1.29, 1.82) is 0 Å². The van der Waals surface area contributed by atoms with Gasteiger partial charge in [-0.05, 0) is 26.2 Å². The van der Waals surface area contributed by atoms with Crippen molar-refractivity contribution in [2.45, 2.75) is 32.2 Å². The number of methoxy groups -OCH3 is 1. The Morgan fingerprint density at radius 1 is 1.00 bits per heavy atom. The van der Waals surface area contributed by atoms with Crippen LogP contribution in [0.1, 0.15) is 0 Å². The molecule has 2 atom stereocenters. The summed E-state index contributed by atoms with van der Waals surface area (Å²) in [6.45, 7) is 8.90. The zero-order valence-corrected chi connectivity index (χ0v) is 15.2. The van der Waals surface area contributed by atoms with Gasteiger partial charge < -0.3 is 21.2 Å². The zero-order valence-electron chi connectivity index (χ0n) is 10.7. The first-order valence-electron chi connectivity index (χ1n) is 5.60. The lowest BCUT2D eigenvalue weighted by Crippen LogP contribution is -2.53. The predicted molar refractivity (Wildman–Crippen MR) is 71.7 cm³/mol. The fraction of sp³-hybridized carbons (Fsp3) is 1.00. The zero-order chi connectivity index (χ0) is 12.2. The maximum atomic E-state index is 6.06. The van der Waals surface area contributed by atoms with Crippen molar-refractivity contribution in [3.05, 3.63) is 0 Å². The first-order chi connectivity index (χ1) is 7.45. The van der Waals surface area contributed by atoms with E-state index in [1.54, 1.807) is 7.11 Å². The van der Waals surface area contributed by atoms with Gasteiger partial charge in [-0.3, -0.25) is 0 Å². The van der Waals surface area contributed by atoms with Gasteiger partial charge in [-0.2, -0.15) is 0 Å². The fourth-order valence-corrected chi connectivity index (χ4v) is 16.2. The lowest BCUT2D eigenvalue weighted by Gasteiger charge is -2.36. The Balaban J connectivity index is 2.61. The number of rotatable bonds is 3. The van der Waals surface area contributed by atoms with Crippen LogP contribution in [0.3, 0.4) is 0 Å². The molecule has 16 heavy (non-hydrogen) atoms. The minimum Gasteiger partial charge on any atom is -0.420 e. The summed E-state index contributed by atoms with van der Waals surface area (Å²) in [4.78, 5) is 0. The van der Waals surface area contributed by atoms with E-state index in [2.05, 4.69) is 6.55 Å². The van der Waals surface area contributed by atoms with Gasteiger partial charge in [0.15, 0.2) is 0 Å². The first kappa shape index (κ1) is 14.7. The lowest BCUT2D eigenvalue weighted by molar-refractivity contribution is 0.200. The molecule has 1 saturated heterocycles. The molecule has 0 bridgehead atoms. The summed E-state index contributed by atoms with van der Waals surface area (Å²) >= 11 is 0. The van der Waals surface area contributed by atoms with E-state index in [0.29, 0.717) is 6.61 Å². The molecular formula is C7H22O5Si4. The molecule has 1 heterocycles. The highest BCUT2D eigenvalue weighted by Crippen LogP contribution is 2.20. The van der Waals surface area contributed by atoms with Gasteiger partial charge >= 0.3 is 8.56 Å². The maximum absolute atomic E-state index is 6.06. The van der Waals surface area contributed by atoms with Crippen LogP contribution in [-0.4, -0.2) is 50.1 Å². The molecule has 1 aliphatic rings. The second kappa shape index (κ2) is 6.56. The van der Waals surface area contributed by atoms with Crippen LogP contribution < -0.4 is 0 Å². The number of hydrogen-bond acceptors (Lipinski definition) is 5. The van der Waals surface area contributed by atoms with Gasteiger partial charge in [-0.1, -0.05) is 0 Å². The van der Waals surface area contributed by atoms with Crippen LogP contribution in [-0.2, 0) is 21.2 Å². The molecule has 0 amide bonds. The predicted octanol–water partition coefficient (Wildman–Crippen LogP) is 0.336. The third-order valence-corrected chi connectivity index (χ3v) is 16.2. The topological polar surface area (TPSA) is 46.2 Å². The van der Waals surface area contributed by atoms with Gasteiger partial charge in [0.05, 0.1) is 0 Å². The maximum Gasteiger partial charge on any atom is 0.319 e. The molecule has 0 aromatic carbocycles. The molecule has 9 heteroatoms. The second-order valence-electron chi connectivity index (χ2n) is 4.09. The Morgan fingerprint density at radius 2 is 1.50 bits per heavy atom. The van der Waals surface area contributed by atoms with E-state index in [1.165, 1.54) is 0 Å². The van der Waals surface area contributed by atoms with Crippen LogP contribution in [0.15, 0.2) is 0 Å². The molecule has 0 spiro atoms. The van der Waals surface area contributed by atoms with Gasteiger partial charge in [0.25, 0.3) is 27.9 Å². The van der Waals surface area contributed by atoms with E-state index in [-0.39, 0.29) is 0 Å². The first-order valence-corrected chi connectivity index (χ1v) is 14.4. The van der Waals surface area contributed by atoms with E-state index in [9.17, 15) is 0 Å². The minimum atomic E-state index is -2.13. The monoisotopic (exact) mass is 298 g/mol. The van der Waals surface area contributed by atoms with Gasteiger partial charge in [0.2, 0.25) is 0 Å². The molecule has 0 saturated carbocycles. The molecule has 96 valence electrons. The van der Waals surface area contributed by atoms with Crippen molar-refractivity contribution >= 4 is 36.4 Å². The van der Waals surface area contributed by atoms with Crippen LogP contribution in [0.25, 0.3) is 0 Å². The third kappa shape index (κ3) is 4.89. The largest absolute Gasteiger partial charge is 0.420 e. The van der Waals surface area contributed by atoms with Crippen molar-refractivity contribution in [1.82, 2.24) is 0 Å². The van der Waals surface area contributed by atoms with Crippen LogP contribution in [0.4, 0.5) is 0 Å². The Bertz CT molecular complexity index is 205. The average Bonchev–Trinajstić information content (AvgIpc) is 2.11. The molecule has 1 rings (SSSR count). The summed E-state index contributed by atoms with van der Waals surface area (Å²) in [6, 6.07) is 0.848. The Labute approximate surface area is 104 Å². The normalized spacial score (nSPS) is 41.4. The summed E-state index contributed by atoms with van der Waals surface area (Å²) < 4.78 is 28.9. The Hall–Kier alpha value is 0.668. The summed E-state index contributed by atoms with van der Waals surface area (Å²) in [7, 11) is -5.09. The van der Waals surface area contributed by atoms with Crippen LogP contribution in [0.5, 0.6) is 0 Å². The van der Waals surface area contributed by atoms with E-state index in [4.69, 9.17) is 21.2 Å². The molecular weight excluding hydrogens is 276 g/mol. The van der Waals surface area contributed by atoms with Gasteiger partial charge in [-0.25, -0.2) is 0 Å². The molecule has 5 nitrogen and oxygen atoms in total. The van der Waals surface area contributed by atoms with Crippen LogP contribution >= 0.6 is 0 Å². The summed E-state index contributed by atoms with van der Waals surface area (Å²) in [5.41, 5.74) is 0. The van der Waals surface area contributed by atoms with Crippen LogP contribution in [0.2, 0.25) is 32.2 Å². The summed E-state index contributed by atoms with van der Waals surface area (Å²) in [6.07, 6.45) is 0. The standard InChI is InChI=1S/C7H22O5Si4/c1-8-6-7-16(5)11-14(3)9-13(2)10-15(4)12-16/h13-15H,6-7H2,1-5H3. The van der Waals surface area contributed by atoms with Crippen molar-refractivity contribution in [3.63, 3.8) is 0 Å². The summed E-state index contributed by atoms with van der Waals surface area (Å²) in [5, 5.41) is 0. The molecule has 0 aromatic heterocycles. The SMILES string of the molecule is COCC[Si]1(C)O[SiH](C)O[SiH](C)O[SiH](C)O1. The van der Waals surface area contributed by atoms with Gasteiger partial charge in [0.1, 0.15) is 0 Å². The molecule has 0 aromatic rings. The van der Waals surface area contributed by atoms with Crippen molar-refractivity contribution in [3.8, 4) is 0 Å². The molecule has 1 aliphatic heterocycles. The van der Waals surface area contributed by atoms with Crippen molar-refractivity contribution in [2.75, 3.05) is 13.7 Å². The molecule has 0 aliphatic carbocycles. The van der Waals surface area contributed by atoms with E-state index in [0.717, 1.165) is 6.04 Å². The highest BCUT2D eigenvalue weighted by molar-refractivity contribution is 6.81. The second-order valence-corrected chi connectivity index (χ2v) is 14.3. The highest BCUT2D eigenvalue weighted by Gasteiger charge is 2.39. The highest BCUT2D eigenvalue weighted by atomic mass is 28.5. The minimum absolute atomic E-state index is 0.679. The van der Waals surface area contributed by atoms with E-state index < -0.39 is 36.4 Å². The summed E-state index contributed by atoms with van der Waals surface area (Å²) in [5.74, 6) is 0. The number of ether oxygens (including phenoxy) is 1.